The number of hydrogen-bond donors (Lipinski definition) is 0. The summed E-state index contributed by atoms with van der Waals surface area (Å²) in [5, 5.41) is 1.53. The Morgan fingerprint density at radius 3 is 0.636 bits per heavy atom. The minimum absolute atomic E-state index is 0.766. The third-order valence-electron chi connectivity index (χ3n) is 7.11. The van der Waals surface area contributed by atoms with Gasteiger partial charge in [0.15, 0.2) is 0 Å². The molecule has 0 amide bonds. The Morgan fingerprint density at radius 2 is 0.409 bits per heavy atom. The van der Waals surface area contributed by atoms with Crippen molar-refractivity contribution in [3.05, 3.63) is 131 Å². The maximum Gasteiger partial charge on any atom is 0.0449 e. The molecule has 214 valence electrons. The molecule has 2 aromatic carbocycles. The van der Waals surface area contributed by atoms with Crippen molar-refractivity contribution >= 4 is 91.2 Å². The van der Waals surface area contributed by atoms with Crippen LogP contribution in [0.1, 0.15) is 0 Å². The molecule has 0 saturated heterocycles. The van der Waals surface area contributed by atoms with E-state index in [2.05, 4.69) is 97.1 Å². The fourth-order valence-electron chi connectivity index (χ4n) is 4.89. The van der Waals surface area contributed by atoms with Gasteiger partial charge < -0.3 is 0 Å². The summed E-state index contributed by atoms with van der Waals surface area (Å²) >= 11 is 23.3. The topological polar surface area (TPSA) is 0 Å². The van der Waals surface area contributed by atoms with Crippen LogP contribution in [0.5, 0.6) is 0 Å². The summed E-state index contributed by atoms with van der Waals surface area (Å²) in [4.78, 5) is 15.6. The van der Waals surface area contributed by atoms with Crippen LogP contribution >= 0.6 is 91.2 Å². The minimum atomic E-state index is 0.766. The van der Waals surface area contributed by atoms with E-state index in [4.69, 9.17) is 23.2 Å². The highest BCUT2D eigenvalue weighted by Crippen LogP contribution is 2.46. The predicted octanol–water partition coefficient (Wildman–Crippen LogP) is 15.0. The maximum atomic E-state index is 6.08. The van der Waals surface area contributed by atoms with Crippen molar-refractivity contribution in [2.24, 2.45) is 0 Å². The van der Waals surface area contributed by atoms with E-state index in [1.807, 2.05) is 92.3 Å². The molecule has 0 spiro atoms. The van der Waals surface area contributed by atoms with Crippen LogP contribution in [0.25, 0.3) is 69.7 Å². The second-order valence-corrected chi connectivity index (χ2v) is 17.4. The summed E-state index contributed by atoms with van der Waals surface area (Å²) in [7, 11) is 0. The first-order valence-corrected chi connectivity index (χ1v) is 19.3. The third-order valence-corrected chi connectivity index (χ3v) is 15.2. The fraction of sp³-hybridized carbons (Fsp3) is 0. The van der Waals surface area contributed by atoms with Crippen molar-refractivity contribution in [1.29, 1.82) is 0 Å². The molecule has 6 aromatic heterocycles. The number of rotatable bonds is 7. The average Bonchev–Trinajstić information content (AvgIpc) is 3.88. The minimum Gasteiger partial charge on any atom is -0.134 e. The lowest BCUT2D eigenvalue weighted by molar-refractivity contribution is 1.70. The molecule has 44 heavy (non-hydrogen) atoms. The van der Waals surface area contributed by atoms with Crippen LogP contribution in [-0.4, -0.2) is 0 Å². The number of hydrogen-bond acceptors (Lipinski definition) is 6. The van der Waals surface area contributed by atoms with E-state index in [1.54, 1.807) is 0 Å². The Balaban J connectivity index is 0.980. The molecule has 8 heteroatoms. The van der Waals surface area contributed by atoms with Crippen molar-refractivity contribution in [2.75, 3.05) is 0 Å². The lowest BCUT2D eigenvalue weighted by Crippen LogP contribution is -1.69. The first-order valence-electron chi connectivity index (χ1n) is 13.7. The van der Waals surface area contributed by atoms with Gasteiger partial charge in [-0.2, -0.15) is 0 Å². The van der Waals surface area contributed by atoms with Gasteiger partial charge in [-0.1, -0.05) is 47.5 Å². The van der Waals surface area contributed by atoms with E-state index in [0.29, 0.717) is 0 Å². The molecule has 0 N–H and O–H groups in total. The summed E-state index contributed by atoms with van der Waals surface area (Å²) in [6.45, 7) is 0. The van der Waals surface area contributed by atoms with Crippen LogP contribution in [0.2, 0.25) is 10.0 Å². The molecule has 0 aliphatic rings. The average molecular weight is 716 g/mol. The Morgan fingerprint density at radius 1 is 0.227 bits per heavy atom. The van der Waals surface area contributed by atoms with Crippen molar-refractivity contribution < 1.29 is 0 Å². The quantitative estimate of drug-likeness (QED) is 0.154. The largest absolute Gasteiger partial charge is 0.134 e. The molecule has 0 fully saturated rings. The number of halogens is 2. The second-order valence-electron chi connectivity index (χ2n) is 10.00. The highest BCUT2D eigenvalue weighted by Gasteiger charge is 2.14. The van der Waals surface area contributed by atoms with E-state index in [1.165, 1.54) is 69.7 Å². The molecule has 0 atom stereocenters. The van der Waals surface area contributed by atoms with E-state index < -0.39 is 0 Å². The summed E-state index contributed by atoms with van der Waals surface area (Å²) in [6, 6.07) is 43.1. The summed E-state index contributed by atoms with van der Waals surface area (Å²) < 4.78 is 0. The standard InChI is InChI=1S/C36H20Cl2S6/c37-23-5-1-21(2-6-23)25-9-11-27(39-25)29-13-15-31(41-29)33-17-19-35(43-33)36-20-18-34(44-36)32-16-14-30(42-32)28-12-10-26(40-28)22-3-7-24(38)8-4-22/h1-20H. The molecule has 0 aliphatic heterocycles. The first kappa shape index (κ1) is 28.7. The van der Waals surface area contributed by atoms with Gasteiger partial charge in [0.2, 0.25) is 0 Å². The van der Waals surface area contributed by atoms with Gasteiger partial charge in [-0.25, -0.2) is 0 Å². The van der Waals surface area contributed by atoms with Crippen LogP contribution in [0.3, 0.4) is 0 Å². The third kappa shape index (κ3) is 5.82. The van der Waals surface area contributed by atoms with Crippen molar-refractivity contribution in [2.45, 2.75) is 0 Å². The fourth-order valence-corrected chi connectivity index (χ4v) is 11.6. The van der Waals surface area contributed by atoms with E-state index in [9.17, 15) is 0 Å². The number of benzene rings is 2. The van der Waals surface area contributed by atoms with E-state index >= 15 is 0 Å². The highest BCUT2D eigenvalue weighted by atomic mass is 35.5. The Hall–Kier alpha value is -2.78. The van der Waals surface area contributed by atoms with Gasteiger partial charge in [0.25, 0.3) is 0 Å². The Labute approximate surface area is 289 Å². The van der Waals surface area contributed by atoms with Crippen molar-refractivity contribution in [3.63, 3.8) is 0 Å². The zero-order chi connectivity index (χ0) is 29.6. The molecule has 6 heterocycles. The van der Waals surface area contributed by atoms with Crippen LogP contribution < -0.4 is 0 Å². The zero-order valence-electron chi connectivity index (χ0n) is 22.8. The van der Waals surface area contributed by atoms with Crippen LogP contribution in [-0.2, 0) is 0 Å². The van der Waals surface area contributed by atoms with Crippen LogP contribution in [0.15, 0.2) is 121 Å². The van der Waals surface area contributed by atoms with E-state index in [-0.39, 0.29) is 0 Å². The molecule has 0 radical (unpaired) electrons. The lowest BCUT2D eigenvalue weighted by atomic mass is 10.2. The summed E-state index contributed by atoms with van der Waals surface area (Å²) in [5.74, 6) is 0. The Bertz CT molecular complexity index is 2040. The molecule has 0 bridgehead atoms. The zero-order valence-corrected chi connectivity index (χ0v) is 29.2. The smallest absolute Gasteiger partial charge is 0.0449 e. The Kier molecular flexibility index (Phi) is 7.95. The van der Waals surface area contributed by atoms with Crippen LogP contribution in [0.4, 0.5) is 0 Å². The van der Waals surface area contributed by atoms with Gasteiger partial charge in [-0.05, 0) is 108 Å². The highest BCUT2D eigenvalue weighted by molar-refractivity contribution is 7.30. The van der Waals surface area contributed by atoms with Gasteiger partial charge in [0, 0.05) is 68.6 Å². The van der Waals surface area contributed by atoms with Gasteiger partial charge in [0.1, 0.15) is 0 Å². The van der Waals surface area contributed by atoms with Gasteiger partial charge >= 0.3 is 0 Å². The molecular formula is C36H20Cl2S6. The van der Waals surface area contributed by atoms with Gasteiger partial charge in [-0.3, -0.25) is 0 Å². The van der Waals surface area contributed by atoms with Gasteiger partial charge in [0.05, 0.1) is 0 Å². The lowest BCUT2D eigenvalue weighted by Gasteiger charge is -1.97. The molecule has 8 aromatic rings. The molecule has 0 nitrogen and oxygen atoms in total. The first-order chi connectivity index (χ1) is 21.6. The monoisotopic (exact) mass is 714 g/mol. The van der Waals surface area contributed by atoms with Crippen LogP contribution in [0, 0.1) is 0 Å². The predicted molar refractivity (Wildman–Crippen MR) is 202 cm³/mol. The number of thiophene rings is 6. The van der Waals surface area contributed by atoms with Crippen molar-refractivity contribution in [3.8, 4) is 69.7 Å². The molecular weight excluding hydrogens is 696 g/mol. The van der Waals surface area contributed by atoms with Crippen molar-refractivity contribution in [1.82, 2.24) is 0 Å². The maximum absolute atomic E-state index is 6.08. The summed E-state index contributed by atoms with van der Waals surface area (Å²) in [5.41, 5.74) is 2.41. The summed E-state index contributed by atoms with van der Waals surface area (Å²) in [6.07, 6.45) is 0. The SMILES string of the molecule is Clc1ccc(-c2ccc(-c3ccc(-c4ccc(-c5ccc(-c6ccc(-c7ccc(-c8ccc(Cl)cc8)s7)s6)s5)s4)s3)s2)cc1. The molecule has 8 rings (SSSR count). The molecule has 0 saturated carbocycles. The normalized spacial score (nSPS) is 11.4. The molecule has 0 unspecified atom stereocenters. The molecule has 0 aliphatic carbocycles. The van der Waals surface area contributed by atoms with Gasteiger partial charge in [-0.15, -0.1) is 68.0 Å². The second kappa shape index (κ2) is 12.2. The van der Waals surface area contributed by atoms with E-state index in [0.717, 1.165) is 10.0 Å².